The SMILES string of the molecule is Cc1ccc(CNC(=O)N2CCC(C)(C(=O)NCc3ccc4c(c3)OCO4)CC2)cc1. The lowest BCUT2D eigenvalue weighted by Gasteiger charge is -2.38. The van der Waals surface area contributed by atoms with Crippen LogP contribution in [0, 0.1) is 12.3 Å². The molecule has 0 aliphatic carbocycles. The van der Waals surface area contributed by atoms with Gasteiger partial charge in [-0.15, -0.1) is 0 Å². The summed E-state index contributed by atoms with van der Waals surface area (Å²) < 4.78 is 10.7. The minimum atomic E-state index is -0.482. The molecular formula is C24H29N3O4. The molecule has 7 heteroatoms. The van der Waals surface area contributed by atoms with Crippen LogP contribution in [0.15, 0.2) is 42.5 Å². The van der Waals surface area contributed by atoms with E-state index in [0.717, 1.165) is 16.9 Å². The highest BCUT2D eigenvalue weighted by molar-refractivity contribution is 5.83. The molecule has 0 bridgehead atoms. The number of nitrogens with zero attached hydrogens (tertiary/aromatic N) is 1. The number of nitrogens with one attached hydrogen (secondary N) is 2. The normalized spacial score (nSPS) is 16.6. The highest BCUT2D eigenvalue weighted by atomic mass is 16.7. The Morgan fingerprint density at radius 3 is 2.32 bits per heavy atom. The van der Waals surface area contributed by atoms with Gasteiger partial charge in [0.15, 0.2) is 11.5 Å². The highest BCUT2D eigenvalue weighted by Crippen LogP contribution is 2.33. The van der Waals surface area contributed by atoms with Crippen molar-refractivity contribution in [2.75, 3.05) is 19.9 Å². The van der Waals surface area contributed by atoms with Gasteiger partial charge < -0.3 is 25.0 Å². The van der Waals surface area contributed by atoms with Crippen LogP contribution < -0.4 is 20.1 Å². The summed E-state index contributed by atoms with van der Waals surface area (Å²) >= 11 is 0. The molecule has 0 aromatic heterocycles. The van der Waals surface area contributed by atoms with Gasteiger partial charge in [-0.25, -0.2) is 4.79 Å². The zero-order valence-electron chi connectivity index (χ0n) is 18.1. The van der Waals surface area contributed by atoms with Crippen molar-refractivity contribution < 1.29 is 19.1 Å². The van der Waals surface area contributed by atoms with E-state index in [2.05, 4.69) is 10.6 Å². The van der Waals surface area contributed by atoms with E-state index in [-0.39, 0.29) is 18.7 Å². The number of urea groups is 1. The number of aryl methyl sites for hydroxylation is 1. The smallest absolute Gasteiger partial charge is 0.317 e. The molecule has 0 saturated carbocycles. The molecule has 1 saturated heterocycles. The van der Waals surface area contributed by atoms with Crippen molar-refractivity contribution in [3.05, 3.63) is 59.2 Å². The first-order valence-corrected chi connectivity index (χ1v) is 10.7. The van der Waals surface area contributed by atoms with E-state index in [0.29, 0.717) is 44.8 Å². The van der Waals surface area contributed by atoms with Gasteiger partial charge >= 0.3 is 6.03 Å². The van der Waals surface area contributed by atoms with Gasteiger partial charge in [0.05, 0.1) is 0 Å². The number of carbonyl (C=O) groups is 2. The largest absolute Gasteiger partial charge is 0.454 e. The Kier molecular flexibility index (Phi) is 6.02. The maximum atomic E-state index is 12.9. The van der Waals surface area contributed by atoms with E-state index in [4.69, 9.17) is 9.47 Å². The van der Waals surface area contributed by atoms with Gasteiger partial charge in [0, 0.05) is 31.6 Å². The summed E-state index contributed by atoms with van der Waals surface area (Å²) in [5.41, 5.74) is 2.75. The van der Waals surface area contributed by atoms with E-state index in [9.17, 15) is 9.59 Å². The fourth-order valence-electron chi connectivity index (χ4n) is 3.87. The number of ether oxygens (including phenoxy) is 2. The van der Waals surface area contributed by atoms with Crippen LogP contribution in [-0.4, -0.2) is 36.7 Å². The van der Waals surface area contributed by atoms with Crippen molar-refractivity contribution in [3.8, 4) is 11.5 Å². The number of rotatable bonds is 5. The number of fused-ring (bicyclic) bond motifs is 1. The molecule has 3 amide bonds. The van der Waals surface area contributed by atoms with Crippen LogP contribution in [0.5, 0.6) is 11.5 Å². The number of carbonyl (C=O) groups excluding carboxylic acids is 2. The molecule has 0 atom stereocenters. The molecule has 2 aliphatic rings. The van der Waals surface area contributed by atoms with Crippen molar-refractivity contribution in [2.24, 2.45) is 5.41 Å². The fraction of sp³-hybridized carbons (Fsp3) is 0.417. The summed E-state index contributed by atoms with van der Waals surface area (Å²) in [6.45, 7) is 6.32. The third kappa shape index (κ3) is 4.93. The lowest BCUT2D eigenvalue weighted by atomic mass is 9.79. The fourth-order valence-corrected chi connectivity index (χ4v) is 3.87. The van der Waals surface area contributed by atoms with Gasteiger partial charge in [-0.3, -0.25) is 4.79 Å². The summed E-state index contributed by atoms with van der Waals surface area (Å²) in [5.74, 6) is 1.46. The van der Waals surface area contributed by atoms with E-state index in [1.54, 1.807) is 4.90 Å². The maximum absolute atomic E-state index is 12.9. The van der Waals surface area contributed by atoms with Crippen molar-refractivity contribution in [1.29, 1.82) is 0 Å². The van der Waals surface area contributed by atoms with E-state index < -0.39 is 5.41 Å². The molecular weight excluding hydrogens is 394 g/mol. The molecule has 7 nitrogen and oxygen atoms in total. The van der Waals surface area contributed by atoms with Crippen molar-refractivity contribution in [2.45, 2.75) is 39.8 Å². The molecule has 0 unspecified atom stereocenters. The Morgan fingerprint density at radius 2 is 1.58 bits per heavy atom. The quantitative estimate of drug-likeness (QED) is 0.773. The third-order valence-corrected chi connectivity index (χ3v) is 6.16. The van der Waals surface area contributed by atoms with Crippen molar-refractivity contribution >= 4 is 11.9 Å². The maximum Gasteiger partial charge on any atom is 0.317 e. The standard InChI is InChI=1S/C24H29N3O4/c1-17-3-5-18(6-4-17)14-26-23(29)27-11-9-24(2,10-12-27)22(28)25-15-19-7-8-20-21(13-19)31-16-30-20/h3-8,13H,9-12,14-16H2,1-2H3,(H,25,28)(H,26,29). The zero-order chi connectivity index (χ0) is 21.8. The molecule has 2 N–H and O–H groups in total. The monoisotopic (exact) mass is 423 g/mol. The lowest BCUT2D eigenvalue weighted by molar-refractivity contribution is -0.132. The average molecular weight is 424 g/mol. The second kappa shape index (κ2) is 8.88. The third-order valence-electron chi connectivity index (χ3n) is 6.16. The first kappa shape index (κ1) is 21.0. The summed E-state index contributed by atoms with van der Waals surface area (Å²) in [5, 5.41) is 6.02. The Bertz CT molecular complexity index is 950. The van der Waals surface area contributed by atoms with Crippen LogP contribution >= 0.6 is 0 Å². The molecule has 2 aromatic rings. The van der Waals surface area contributed by atoms with Crippen molar-refractivity contribution in [3.63, 3.8) is 0 Å². The predicted octanol–water partition coefficient (Wildman–Crippen LogP) is 3.35. The lowest BCUT2D eigenvalue weighted by Crippen LogP contribution is -2.50. The number of amides is 3. The Balaban J connectivity index is 1.24. The van der Waals surface area contributed by atoms with Gasteiger partial charge in [0.25, 0.3) is 0 Å². The Labute approximate surface area is 182 Å². The van der Waals surface area contributed by atoms with Crippen molar-refractivity contribution in [1.82, 2.24) is 15.5 Å². The Morgan fingerprint density at radius 1 is 0.935 bits per heavy atom. The first-order chi connectivity index (χ1) is 14.9. The molecule has 1 fully saturated rings. The summed E-state index contributed by atoms with van der Waals surface area (Å²) in [6, 6.07) is 13.7. The number of likely N-dealkylation sites (tertiary alicyclic amines) is 1. The summed E-state index contributed by atoms with van der Waals surface area (Å²) in [7, 11) is 0. The van der Waals surface area contributed by atoms with E-state index in [1.165, 1.54) is 5.56 Å². The van der Waals surface area contributed by atoms with Gasteiger partial charge in [-0.05, 0) is 43.0 Å². The topological polar surface area (TPSA) is 79.9 Å². The number of hydrogen-bond donors (Lipinski definition) is 2. The molecule has 2 aromatic carbocycles. The van der Waals surface area contributed by atoms with Crippen LogP contribution in [0.1, 0.15) is 36.5 Å². The van der Waals surface area contributed by atoms with Crippen LogP contribution in [-0.2, 0) is 17.9 Å². The summed E-state index contributed by atoms with van der Waals surface area (Å²) in [4.78, 5) is 27.2. The van der Waals surface area contributed by atoms with E-state index in [1.807, 2.05) is 56.3 Å². The molecule has 4 rings (SSSR count). The Hall–Kier alpha value is -3.22. The molecule has 0 radical (unpaired) electrons. The predicted molar refractivity (Wildman–Crippen MR) is 117 cm³/mol. The first-order valence-electron chi connectivity index (χ1n) is 10.7. The molecule has 164 valence electrons. The van der Waals surface area contributed by atoms with Crippen LogP contribution in [0.4, 0.5) is 4.79 Å². The zero-order valence-corrected chi connectivity index (χ0v) is 18.1. The number of benzene rings is 2. The van der Waals surface area contributed by atoms with Crippen LogP contribution in [0.2, 0.25) is 0 Å². The van der Waals surface area contributed by atoms with Crippen LogP contribution in [0.25, 0.3) is 0 Å². The molecule has 31 heavy (non-hydrogen) atoms. The van der Waals surface area contributed by atoms with Gasteiger partial charge in [0.2, 0.25) is 12.7 Å². The van der Waals surface area contributed by atoms with E-state index >= 15 is 0 Å². The molecule has 0 spiro atoms. The number of piperidine rings is 1. The van der Waals surface area contributed by atoms with Gasteiger partial charge in [-0.2, -0.15) is 0 Å². The molecule has 2 heterocycles. The minimum Gasteiger partial charge on any atom is -0.454 e. The minimum absolute atomic E-state index is 0.0184. The van der Waals surface area contributed by atoms with Gasteiger partial charge in [-0.1, -0.05) is 42.8 Å². The van der Waals surface area contributed by atoms with Gasteiger partial charge in [0.1, 0.15) is 0 Å². The van der Waals surface area contributed by atoms with Crippen LogP contribution in [0.3, 0.4) is 0 Å². The second-order valence-corrected chi connectivity index (χ2v) is 8.56. The summed E-state index contributed by atoms with van der Waals surface area (Å²) in [6.07, 6.45) is 1.27. The number of hydrogen-bond acceptors (Lipinski definition) is 4. The molecule has 2 aliphatic heterocycles. The second-order valence-electron chi connectivity index (χ2n) is 8.56. The average Bonchev–Trinajstić information content (AvgIpc) is 3.25. The highest BCUT2D eigenvalue weighted by Gasteiger charge is 2.37.